The predicted octanol–water partition coefficient (Wildman–Crippen LogP) is 4.41. The van der Waals surface area contributed by atoms with Crippen molar-refractivity contribution in [2.24, 2.45) is 5.41 Å². The Morgan fingerprint density at radius 2 is 1.64 bits per heavy atom. The summed E-state index contributed by atoms with van der Waals surface area (Å²) in [6.07, 6.45) is 9.33. The second-order valence-corrected chi connectivity index (χ2v) is 4.76. The summed E-state index contributed by atoms with van der Waals surface area (Å²) in [5.74, 6) is 0. The van der Waals surface area contributed by atoms with E-state index < -0.39 is 0 Å². The first kappa shape index (κ1) is 14.0. The molecule has 0 aromatic rings. The summed E-state index contributed by atoms with van der Waals surface area (Å²) < 4.78 is 5.19. The van der Waals surface area contributed by atoms with Crippen LogP contribution in [0.5, 0.6) is 0 Å². The molecule has 0 radical (unpaired) electrons. The molecule has 0 aromatic carbocycles. The van der Waals surface area contributed by atoms with Gasteiger partial charge in [0, 0.05) is 13.7 Å². The Hall–Kier alpha value is -0.0400. The molecule has 14 heavy (non-hydrogen) atoms. The molecule has 0 aliphatic heterocycles. The van der Waals surface area contributed by atoms with Crippen LogP contribution in [-0.4, -0.2) is 13.7 Å². The van der Waals surface area contributed by atoms with Crippen LogP contribution in [0.15, 0.2) is 0 Å². The van der Waals surface area contributed by atoms with Crippen LogP contribution in [-0.2, 0) is 4.74 Å². The van der Waals surface area contributed by atoms with Crippen molar-refractivity contribution in [2.45, 2.75) is 65.7 Å². The molecule has 86 valence electrons. The molecule has 1 unspecified atom stereocenters. The van der Waals surface area contributed by atoms with Crippen molar-refractivity contribution in [3.8, 4) is 0 Å². The van der Waals surface area contributed by atoms with Crippen LogP contribution in [0.1, 0.15) is 65.7 Å². The first-order valence-electron chi connectivity index (χ1n) is 6.17. The van der Waals surface area contributed by atoms with E-state index in [1.165, 1.54) is 44.9 Å². The Morgan fingerprint density at radius 3 is 2.14 bits per heavy atom. The van der Waals surface area contributed by atoms with Gasteiger partial charge in [-0.05, 0) is 24.7 Å². The Balaban J connectivity index is 3.82. The highest BCUT2D eigenvalue weighted by atomic mass is 16.5. The van der Waals surface area contributed by atoms with Crippen molar-refractivity contribution in [1.82, 2.24) is 0 Å². The van der Waals surface area contributed by atoms with E-state index in [0.29, 0.717) is 5.41 Å². The quantitative estimate of drug-likeness (QED) is 0.501. The van der Waals surface area contributed by atoms with Crippen LogP contribution in [0.2, 0.25) is 0 Å². The summed E-state index contributed by atoms with van der Waals surface area (Å²) in [6, 6.07) is 0. The fraction of sp³-hybridized carbons (Fsp3) is 1.00. The summed E-state index contributed by atoms with van der Waals surface area (Å²) in [4.78, 5) is 0. The minimum absolute atomic E-state index is 0.528. The zero-order chi connectivity index (χ0) is 10.9. The SMILES string of the molecule is CCCCCC(C)(CCC)CCOC. The van der Waals surface area contributed by atoms with Gasteiger partial charge in [-0.3, -0.25) is 0 Å². The number of unbranched alkanes of at least 4 members (excludes halogenated alkanes) is 2. The van der Waals surface area contributed by atoms with Crippen molar-refractivity contribution in [3.63, 3.8) is 0 Å². The van der Waals surface area contributed by atoms with Crippen LogP contribution in [0.4, 0.5) is 0 Å². The van der Waals surface area contributed by atoms with E-state index in [4.69, 9.17) is 4.74 Å². The lowest BCUT2D eigenvalue weighted by atomic mass is 9.78. The maximum atomic E-state index is 5.19. The number of rotatable bonds is 9. The monoisotopic (exact) mass is 200 g/mol. The van der Waals surface area contributed by atoms with Gasteiger partial charge < -0.3 is 4.74 Å². The molecule has 0 fully saturated rings. The summed E-state index contributed by atoms with van der Waals surface area (Å²) in [5.41, 5.74) is 0.528. The topological polar surface area (TPSA) is 9.23 Å². The molecule has 0 aliphatic rings. The highest BCUT2D eigenvalue weighted by molar-refractivity contribution is 4.73. The van der Waals surface area contributed by atoms with Crippen LogP contribution < -0.4 is 0 Å². The van der Waals surface area contributed by atoms with Gasteiger partial charge in [-0.1, -0.05) is 46.5 Å². The van der Waals surface area contributed by atoms with Crippen LogP contribution >= 0.6 is 0 Å². The van der Waals surface area contributed by atoms with E-state index in [2.05, 4.69) is 20.8 Å². The zero-order valence-electron chi connectivity index (χ0n) is 10.6. The molecule has 0 aliphatic carbocycles. The molecule has 1 atom stereocenters. The zero-order valence-corrected chi connectivity index (χ0v) is 10.6. The molecule has 0 heterocycles. The third kappa shape index (κ3) is 6.42. The summed E-state index contributed by atoms with van der Waals surface area (Å²) >= 11 is 0. The van der Waals surface area contributed by atoms with E-state index in [1.807, 2.05) is 0 Å². The Morgan fingerprint density at radius 1 is 0.929 bits per heavy atom. The van der Waals surface area contributed by atoms with Crippen LogP contribution in [0, 0.1) is 5.41 Å². The minimum Gasteiger partial charge on any atom is -0.385 e. The summed E-state index contributed by atoms with van der Waals surface area (Å²) in [5, 5.41) is 0. The number of hydrogen-bond acceptors (Lipinski definition) is 1. The molecule has 0 saturated heterocycles. The van der Waals surface area contributed by atoms with E-state index in [0.717, 1.165) is 6.61 Å². The highest BCUT2D eigenvalue weighted by Crippen LogP contribution is 2.33. The molecule has 0 rings (SSSR count). The van der Waals surface area contributed by atoms with Gasteiger partial charge in [0.1, 0.15) is 0 Å². The van der Waals surface area contributed by atoms with Crippen LogP contribution in [0.3, 0.4) is 0 Å². The second-order valence-electron chi connectivity index (χ2n) is 4.76. The lowest BCUT2D eigenvalue weighted by Gasteiger charge is -2.29. The average Bonchev–Trinajstić information content (AvgIpc) is 2.16. The normalized spacial score (nSPS) is 15.4. The number of hydrogen-bond donors (Lipinski definition) is 0. The Labute approximate surface area is 90.2 Å². The van der Waals surface area contributed by atoms with Gasteiger partial charge in [0.05, 0.1) is 0 Å². The molecule has 0 spiro atoms. The van der Waals surface area contributed by atoms with Crippen molar-refractivity contribution >= 4 is 0 Å². The van der Waals surface area contributed by atoms with Gasteiger partial charge in [-0.15, -0.1) is 0 Å². The molecular formula is C13H28O. The molecule has 1 heteroatoms. The third-order valence-corrected chi connectivity index (χ3v) is 3.15. The summed E-state index contributed by atoms with van der Waals surface area (Å²) in [7, 11) is 1.80. The largest absolute Gasteiger partial charge is 0.385 e. The molecule has 1 nitrogen and oxygen atoms in total. The van der Waals surface area contributed by atoms with Gasteiger partial charge in [-0.25, -0.2) is 0 Å². The van der Waals surface area contributed by atoms with E-state index in [-0.39, 0.29) is 0 Å². The molecule has 0 amide bonds. The Kier molecular flexibility index (Phi) is 8.26. The average molecular weight is 200 g/mol. The Bertz CT molecular complexity index is 122. The van der Waals surface area contributed by atoms with E-state index in [9.17, 15) is 0 Å². The van der Waals surface area contributed by atoms with Crippen molar-refractivity contribution in [1.29, 1.82) is 0 Å². The summed E-state index contributed by atoms with van der Waals surface area (Å²) in [6.45, 7) is 7.89. The minimum atomic E-state index is 0.528. The second kappa shape index (κ2) is 8.28. The van der Waals surface area contributed by atoms with E-state index >= 15 is 0 Å². The third-order valence-electron chi connectivity index (χ3n) is 3.15. The lowest BCUT2D eigenvalue weighted by Crippen LogP contribution is -2.18. The first-order chi connectivity index (χ1) is 6.68. The van der Waals surface area contributed by atoms with Gasteiger partial charge >= 0.3 is 0 Å². The van der Waals surface area contributed by atoms with E-state index in [1.54, 1.807) is 7.11 Å². The number of methoxy groups -OCH3 is 1. The maximum absolute atomic E-state index is 5.19. The van der Waals surface area contributed by atoms with Crippen molar-refractivity contribution in [3.05, 3.63) is 0 Å². The molecule has 0 aromatic heterocycles. The number of ether oxygens (including phenoxy) is 1. The molecule has 0 bridgehead atoms. The van der Waals surface area contributed by atoms with Gasteiger partial charge in [0.2, 0.25) is 0 Å². The van der Waals surface area contributed by atoms with Crippen molar-refractivity contribution < 1.29 is 4.74 Å². The molecule has 0 N–H and O–H groups in total. The van der Waals surface area contributed by atoms with Crippen LogP contribution in [0.25, 0.3) is 0 Å². The highest BCUT2D eigenvalue weighted by Gasteiger charge is 2.21. The fourth-order valence-corrected chi connectivity index (χ4v) is 2.13. The first-order valence-corrected chi connectivity index (χ1v) is 6.17. The maximum Gasteiger partial charge on any atom is 0.0467 e. The van der Waals surface area contributed by atoms with Gasteiger partial charge in [-0.2, -0.15) is 0 Å². The molecule has 0 saturated carbocycles. The fourth-order valence-electron chi connectivity index (χ4n) is 2.13. The lowest BCUT2D eigenvalue weighted by molar-refractivity contribution is 0.129. The van der Waals surface area contributed by atoms with Gasteiger partial charge in [0.15, 0.2) is 0 Å². The molecular weight excluding hydrogens is 172 g/mol. The smallest absolute Gasteiger partial charge is 0.0467 e. The van der Waals surface area contributed by atoms with Crippen molar-refractivity contribution in [2.75, 3.05) is 13.7 Å². The predicted molar refractivity (Wildman–Crippen MR) is 63.7 cm³/mol. The van der Waals surface area contributed by atoms with Gasteiger partial charge in [0.25, 0.3) is 0 Å². The standard InChI is InChI=1S/C13H28O/c1-5-7-8-10-13(3,9-6-2)11-12-14-4/h5-12H2,1-4H3.